The van der Waals surface area contributed by atoms with Crippen LogP contribution in [-0.2, 0) is 9.53 Å². The maximum Gasteiger partial charge on any atom is 0.219 e. The first-order valence-corrected chi connectivity index (χ1v) is 8.57. The lowest BCUT2D eigenvalue weighted by atomic mass is 9.90. The Morgan fingerprint density at radius 3 is 2.83 bits per heavy atom. The van der Waals surface area contributed by atoms with E-state index >= 15 is 0 Å². The van der Waals surface area contributed by atoms with Gasteiger partial charge in [0.25, 0.3) is 0 Å². The Kier molecular flexibility index (Phi) is 5.12. The first-order valence-electron chi connectivity index (χ1n) is 8.57. The van der Waals surface area contributed by atoms with Crippen LogP contribution in [0.4, 0.5) is 0 Å². The molecule has 0 saturated carbocycles. The number of morpholine rings is 1. The second kappa shape index (κ2) is 7.13. The number of carbonyl (C=O) groups excluding carboxylic acids is 1. The van der Waals surface area contributed by atoms with Crippen molar-refractivity contribution in [2.75, 3.05) is 39.3 Å². The van der Waals surface area contributed by atoms with E-state index in [9.17, 15) is 9.90 Å². The van der Waals surface area contributed by atoms with E-state index in [1.54, 1.807) is 18.0 Å². The minimum atomic E-state index is -0.727. The summed E-state index contributed by atoms with van der Waals surface area (Å²) in [5.41, 5.74) is 0.167. The third kappa shape index (κ3) is 4.09. The van der Waals surface area contributed by atoms with Gasteiger partial charge in [-0.15, -0.1) is 0 Å². The van der Waals surface area contributed by atoms with E-state index < -0.39 is 5.60 Å². The summed E-state index contributed by atoms with van der Waals surface area (Å²) < 4.78 is 5.85. The summed E-state index contributed by atoms with van der Waals surface area (Å²) in [6.45, 7) is 7.48. The van der Waals surface area contributed by atoms with E-state index in [0.717, 1.165) is 24.6 Å². The fourth-order valence-electron chi connectivity index (χ4n) is 3.49. The quantitative estimate of drug-likeness (QED) is 0.869. The maximum absolute atomic E-state index is 11.4. The number of β-amino-alcohol motifs (C(OH)–C–C–N with tert-alkyl or cyclic N) is 1. The van der Waals surface area contributed by atoms with Crippen molar-refractivity contribution in [1.29, 1.82) is 0 Å². The molecule has 2 aliphatic heterocycles. The van der Waals surface area contributed by atoms with Crippen LogP contribution in [0, 0.1) is 6.92 Å². The molecule has 0 radical (unpaired) electrons. The molecule has 3 heterocycles. The number of amides is 1. The van der Waals surface area contributed by atoms with E-state index in [1.165, 1.54) is 0 Å². The summed E-state index contributed by atoms with van der Waals surface area (Å²) in [5, 5.41) is 10.9. The van der Waals surface area contributed by atoms with Crippen LogP contribution in [0.1, 0.15) is 37.4 Å². The molecule has 0 bridgehead atoms. The smallest absolute Gasteiger partial charge is 0.219 e. The van der Waals surface area contributed by atoms with Gasteiger partial charge in [0.2, 0.25) is 5.91 Å². The lowest BCUT2D eigenvalue weighted by molar-refractivity contribution is -0.134. The molecule has 0 aliphatic carbocycles. The molecule has 7 nitrogen and oxygen atoms in total. The van der Waals surface area contributed by atoms with Gasteiger partial charge in [-0.25, -0.2) is 9.97 Å². The van der Waals surface area contributed by atoms with Crippen molar-refractivity contribution in [2.45, 2.75) is 38.4 Å². The van der Waals surface area contributed by atoms with E-state index in [2.05, 4.69) is 14.9 Å². The highest BCUT2D eigenvalue weighted by molar-refractivity contribution is 5.73. The number of aliphatic hydroxyl groups is 1. The molecule has 1 aromatic heterocycles. The lowest BCUT2D eigenvalue weighted by Gasteiger charge is -2.42. The average molecular weight is 334 g/mol. The molecular weight excluding hydrogens is 308 g/mol. The number of aromatic nitrogens is 2. The molecule has 1 N–H and O–H groups in total. The van der Waals surface area contributed by atoms with Gasteiger partial charge in [-0.2, -0.15) is 0 Å². The molecule has 2 saturated heterocycles. The highest BCUT2D eigenvalue weighted by Gasteiger charge is 2.36. The van der Waals surface area contributed by atoms with Crippen LogP contribution < -0.4 is 0 Å². The van der Waals surface area contributed by atoms with Gasteiger partial charge in [-0.3, -0.25) is 9.69 Å². The molecule has 24 heavy (non-hydrogen) atoms. The second-order valence-electron chi connectivity index (χ2n) is 6.85. The zero-order valence-electron chi connectivity index (χ0n) is 14.4. The topological polar surface area (TPSA) is 78.8 Å². The van der Waals surface area contributed by atoms with Crippen molar-refractivity contribution in [2.24, 2.45) is 0 Å². The van der Waals surface area contributed by atoms with Crippen LogP contribution in [0.3, 0.4) is 0 Å². The van der Waals surface area contributed by atoms with Crippen molar-refractivity contribution in [3.8, 4) is 0 Å². The van der Waals surface area contributed by atoms with Gasteiger partial charge >= 0.3 is 0 Å². The van der Waals surface area contributed by atoms with Gasteiger partial charge < -0.3 is 14.7 Å². The number of likely N-dealkylation sites (tertiary alicyclic amines) is 1. The Bertz CT molecular complexity index is 587. The predicted molar refractivity (Wildman–Crippen MR) is 88.3 cm³/mol. The van der Waals surface area contributed by atoms with Crippen molar-refractivity contribution < 1.29 is 14.6 Å². The fraction of sp³-hybridized carbons (Fsp3) is 0.706. The van der Waals surface area contributed by atoms with Gasteiger partial charge in [0, 0.05) is 45.8 Å². The predicted octanol–water partition coefficient (Wildman–Crippen LogP) is 0.532. The fourth-order valence-corrected chi connectivity index (χ4v) is 3.49. The van der Waals surface area contributed by atoms with Crippen molar-refractivity contribution in [3.05, 3.63) is 23.8 Å². The molecule has 1 aromatic rings. The van der Waals surface area contributed by atoms with Gasteiger partial charge in [0.05, 0.1) is 17.9 Å². The lowest BCUT2D eigenvalue weighted by Crippen LogP contribution is -2.53. The zero-order valence-corrected chi connectivity index (χ0v) is 14.4. The number of rotatable bonds is 3. The van der Waals surface area contributed by atoms with Crippen LogP contribution >= 0.6 is 0 Å². The number of nitrogens with zero attached hydrogens (tertiary/aromatic N) is 4. The molecule has 1 amide bonds. The van der Waals surface area contributed by atoms with E-state index in [0.29, 0.717) is 39.1 Å². The molecule has 1 atom stereocenters. The van der Waals surface area contributed by atoms with Crippen LogP contribution in [0.15, 0.2) is 12.3 Å². The third-order valence-electron chi connectivity index (χ3n) is 4.94. The standard InChI is InChI=1S/C17H26N4O3/c1-13-18-6-3-15(19-13)16-11-20(9-10-24-16)12-17(23)4-7-21(8-5-17)14(2)22/h3,6,16,23H,4-5,7-12H2,1-2H3/t16-/m0/s1. The van der Waals surface area contributed by atoms with E-state index in [4.69, 9.17) is 4.74 Å². The number of ether oxygens (including phenoxy) is 1. The average Bonchev–Trinajstić information content (AvgIpc) is 2.55. The summed E-state index contributed by atoms with van der Waals surface area (Å²) in [4.78, 5) is 24.1. The number of piperidine rings is 1. The van der Waals surface area contributed by atoms with Gasteiger partial charge in [-0.05, 0) is 25.8 Å². The largest absolute Gasteiger partial charge is 0.388 e. The molecular formula is C17H26N4O3. The molecule has 7 heteroatoms. The van der Waals surface area contributed by atoms with Crippen LogP contribution in [0.2, 0.25) is 0 Å². The normalized spacial score (nSPS) is 24.8. The van der Waals surface area contributed by atoms with Crippen LogP contribution in [-0.4, -0.2) is 75.7 Å². The van der Waals surface area contributed by atoms with Crippen molar-refractivity contribution in [1.82, 2.24) is 19.8 Å². The first-order chi connectivity index (χ1) is 11.5. The highest BCUT2D eigenvalue weighted by atomic mass is 16.5. The Labute approximate surface area is 142 Å². The Balaban J connectivity index is 1.58. The van der Waals surface area contributed by atoms with Crippen molar-refractivity contribution in [3.63, 3.8) is 0 Å². The Morgan fingerprint density at radius 1 is 1.42 bits per heavy atom. The first kappa shape index (κ1) is 17.3. The number of hydrogen-bond donors (Lipinski definition) is 1. The number of aryl methyl sites for hydroxylation is 1. The van der Waals surface area contributed by atoms with E-state index in [1.807, 2.05) is 13.0 Å². The molecule has 2 fully saturated rings. The molecule has 3 rings (SSSR count). The SMILES string of the molecule is CC(=O)N1CCC(O)(CN2CCO[C@H](c3ccnc(C)n3)C2)CC1. The van der Waals surface area contributed by atoms with Gasteiger partial charge in [-0.1, -0.05) is 0 Å². The zero-order chi connectivity index (χ0) is 17.2. The van der Waals surface area contributed by atoms with Crippen LogP contribution in [0.25, 0.3) is 0 Å². The van der Waals surface area contributed by atoms with Gasteiger partial charge in [0.15, 0.2) is 0 Å². The summed E-state index contributed by atoms with van der Waals surface area (Å²) in [7, 11) is 0. The van der Waals surface area contributed by atoms with Crippen molar-refractivity contribution >= 4 is 5.91 Å². The monoisotopic (exact) mass is 334 g/mol. The summed E-state index contributed by atoms with van der Waals surface area (Å²) in [6, 6.07) is 1.89. The minimum absolute atomic E-state index is 0.0821. The Morgan fingerprint density at radius 2 is 2.17 bits per heavy atom. The second-order valence-corrected chi connectivity index (χ2v) is 6.85. The summed E-state index contributed by atoms with van der Waals surface area (Å²) >= 11 is 0. The highest BCUT2D eigenvalue weighted by Crippen LogP contribution is 2.27. The summed E-state index contributed by atoms with van der Waals surface area (Å²) in [5.74, 6) is 0.825. The van der Waals surface area contributed by atoms with Gasteiger partial charge in [0.1, 0.15) is 11.9 Å². The number of hydrogen-bond acceptors (Lipinski definition) is 6. The maximum atomic E-state index is 11.4. The van der Waals surface area contributed by atoms with Crippen LogP contribution in [0.5, 0.6) is 0 Å². The van der Waals surface area contributed by atoms with E-state index in [-0.39, 0.29) is 12.0 Å². The molecule has 0 unspecified atom stereocenters. The molecule has 0 spiro atoms. The molecule has 2 aliphatic rings. The molecule has 132 valence electrons. The minimum Gasteiger partial charge on any atom is -0.388 e. The Hall–Kier alpha value is -1.57. The molecule has 0 aromatic carbocycles. The summed E-state index contributed by atoms with van der Waals surface area (Å²) in [6.07, 6.45) is 2.93. The number of carbonyl (C=O) groups is 1. The third-order valence-corrected chi connectivity index (χ3v) is 4.94.